The monoisotopic (exact) mass is 564 g/mol. The quantitative estimate of drug-likeness (QED) is 0.308. The molecule has 3 aliphatic carbocycles. The molecule has 216 valence electrons. The Morgan fingerprint density at radius 3 is 2.41 bits per heavy atom. The first-order chi connectivity index (χ1) is 19.2. The number of carbonyl (C=O) groups excluding carboxylic acids is 6. The van der Waals surface area contributed by atoms with Crippen molar-refractivity contribution in [1.29, 1.82) is 0 Å². The summed E-state index contributed by atoms with van der Waals surface area (Å²) in [6.07, 6.45) is 4.09. The van der Waals surface area contributed by atoms with Crippen molar-refractivity contribution in [1.82, 2.24) is 9.47 Å². The zero-order valence-corrected chi connectivity index (χ0v) is 23.2. The highest BCUT2D eigenvalue weighted by molar-refractivity contribution is 6.32. The number of phenols is 1. The molecule has 0 saturated heterocycles. The third-order valence-corrected chi connectivity index (χ3v) is 8.86. The number of aromatic nitrogens is 1. The normalized spacial score (nSPS) is 29.2. The van der Waals surface area contributed by atoms with Crippen molar-refractivity contribution in [2.45, 2.75) is 31.0 Å². The zero-order valence-electron chi connectivity index (χ0n) is 23.2. The number of aromatic hydroxyl groups is 1. The third kappa shape index (κ3) is 4.04. The van der Waals surface area contributed by atoms with Crippen LogP contribution in [0.4, 0.5) is 5.69 Å². The highest BCUT2D eigenvalue weighted by Gasteiger charge is 2.69. The van der Waals surface area contributed by atoms with E-state index in [-0.39, 0.29) is 30.7 Å². The van der Waals surface area contributed by atoms with Crippen LogP contribution in [0, 0.1) is 23.7 Å². The van der Waals surface area contributed by atoms with E-state index in [1.54, 1.807) is 62.2 Å². The number of nitrogens with two attached hydrogens (primary N) is 1. The molecule has 0 spiro atoms. The number of ketones is 4. The Hall–Kier alpha value is -4.16. The topological polar surface area (TPSA) is 180 Å². The summed E-state index contributed by atoms with van der Waals surface area (Å²) < 4.78 is 1.67. The van der Waals surface area contributed by atoms with Crippen LogP contribution in [-0.2, 0) is 32.1 Å². The van der Waals surface area contributed by atoms with Crippen molar-refractivity contribution in [3.63, 3.8) is 0 Å². The first-order valence-corrected chi connectivity index (χ1v) is 13.2. The molecule has 0 bridgehead atoms. The number of hydrogen-bond donors (Lipinski definition) is 3. The van der Waals surface area contributed by atoms with Gasteiger partial charge in [-0.15, -0.1) is 0 Å². The van der Waals surface area contributed by atoms with Gasteiger partial charge in [0.15, 0.2) is 40.9 Å². The number of Topliss-reactive ketones (excluding diaryl/α,β-unsaturated/α-hetero) is 4. The van der Waals surface area contributed by atoms with Crippen LogP contribution in [0.3, 0.4) is 0 Å². The first kappa shape index (κ1) is 28.4. The fourth-order valence-electron chi connectivity index (χ4n) is 7.05. The molecule has 12 heteroatoms. The van der Waals surface area contributed by atoms with Gasteiger partial charge in [-0.3, -0.25) is 33.7 Å². The Morgan fingerprint density at radius 1 is 1.17 bits per heavy atom. The summed E-state index contributed by atoms with van der Waals surface area (Å²) >= 11 is 0. The lowest BCUT2D eigenvalue weighted by Gasteiger charge is -2.52. The molecule has 2 unspecified atom stereocenters. The van der Waals surface area contributed by atoms with Gasteiger partial charge in [-0.25, -0.2) is 0 Å². The van der Waals surface area contributed by atoms with Gasteiger partial charge in [0, 0.05) is 49.2 Å². The lowest BCUT2D eigenvalue weighted by Crippen LogP contribution is -2.74. The molecule has 0 aliphatic heterocycles. The van der Waals surface area contributed by atoms with Crippen LogP contribution in [0.15, 0.2) is 24.5 Å². The van der Waals surface area contributed by atoms with E-state index in [1.165, 1.54) is 4.90 Å². The minimum absolute atomic E-state index is 0.0167. The van der Waals surface area contributed by atoms with Crippen molar-refractivity contribution in [3.8, 4) is 5.75 Å². The Kier molecular flexibility index (Phi) is 6.74. The fourth-order valence-corrected chi connectivity index (χ4v) is 7.05. The molecule has 5 rings (SSSR count). The third-order valence-electron chi connectivity index (χ3n) is 8.86. The number of rotatable bonds is 6. The lowest BCUT2D eigenvalue weighted by molar-refractivity contribution is -0.181. The smallest absolute Gasteiger partial charge is 0.235 e. The minimum atomic E-state index is -2.77. The Bertz CT molecular complexity index is 1520. The van der Waals surface area contributed by atoms with Gasteiger partial charge >= 0.3 is 0 Å². The van der Waals surface area contributed by atoms with Crippen LogP contribution in [-0.4, -0.2) is 94.8 Å². The molecule has 1 aromatic carbocycles. The summed E-state index contributed by atoms with van der Waals surface area (Å²) in [5.41, 5.74) is 4.49. The molecule has 1 amide bonds. The summed E-state index contributed by atoms with van der Waals surface area (Å²) in [4.78, 5) is 81.3. The average Bonchev–Trinajstić information content (AvgIpc) is 3.34. The van der Waals surface area contributed by atoms with E-state index in [0.29, 0.717) is 28.7 Å². The van der Waals surface area contributed by atoms with Gasteiger partial charge in [0.1, 0.15) is 5.75 Å². The highest BCUT2D eigenvalue weighted by atomic mass is 16.3. The highest BCUT2D eigenvalue weighted by Crippen LogP contribution is 2.52. The number of phenolic OH excluding ortho intramolecular Hbond substituents is 1. The molecular weight excluding hydrogens is 532 g/mol. The average molecular weight is 565 g/mol. The minimum Gasteiger partial charge on any atom is -0.507 e. The van der Waals surface area contributed by atoms with Gasteiger partial charge in [0.05, 0.1) is 24.1 Å². The molecule has 41 heavy (non-hydrogen) atoms. The van der Waals surface area contributed by atoms with E-state index >= 15 is 0 Å². The molecular formula is C29H32N4O8. The molecule has 2 aromatic rings. The predicted octanol–water partition coefficient (Wildman–Crippen LogP) is -0.405. The molecule has 12 nitrogen and oxygen atoms in total. The van der Waals surface area contributed by atoms with E-state index < -0.39 is 64.4 Å². The molecule has 3 aliphatic rings. The Balaban J connectivity index is 1.64. The van der Waals surface area contributed by atoms with Crippen LogP contribution < -0.4 is 10.6 Å². The van der Waals surface area contributed by atoms with Crippen molar-refractivity contribution in [2.75, 3.05) is 33.1 Å². The second-order valence-electron chi connectivity index (χ2n) is 11.7. The molecule has 6 atom stereocenters. The maximum Gasteiger partial charge on any atom is 0.235 e. The van der Waals surface area contributed by atoms with Gasteiger partial charge < -0.3 is 25.4 Å². The molecule has 4 N–H and O–H groups in total. The van der Waals surface area contributed by atoms with E-state index in [4.69, 9.17) is 5.73 Å². The van der Waals surface area contributed by atoms with Gasteiger partial charge in [0.2, 0.25) is 5.91 Å². The van der Waals surface area contributed by atoms with Gasteiger partial charge in [-0.1, -0.05) is 0 Å². The number of carbonyl (C=O) groups is 6. The number of fused-ring (bicyclic) bond motifs is 3. The van der Waals surface area contributed by atoms with Crippen LogP contribution in [0.25, 0.3) is 0 Å². The van der Waals surface area contributed by atoms with Gasteiger partial charge in [-0.05, 0) is 50.6 Å². The summed E-state index contributed by atoms with van der Waals surface area (Å²) in [6, 6.07) is 2.20. The summed E-state index contributed by atoms with van der Waals surface area (Å²) in [5, 5.41) is 23.1. The van der Waals surface area contributed by atoms with E-state index in [1.807, 2.05) is 0 Å². The van der Waals surface area contributed by atoms with Crippen molar-refractivity contribution in [3.05, 3.63) is 46.8 Å². The Labute approximate surface area is 235 Å². The Morgan fingerprint density at radius 2 is 1.85 bits per heavy atom. The number of likely N-dealkylation sites (N-methyl/N-ethyl adjacent to an activating group) is 1. The van der Waals surface area contributed by atoms with Crippen molar-refractivity contribution >= 4 is 41.0 Å². The predicted molar refractivity (Wildman–Crippen MR) is 145 cm³/mol. The molecule has 0 radical (unpaired) electrons. The lowest BCUT2D eigenvalue weighted by atomic mass is 9.52. The summed E-state index contributed by atoms with van der Waals surface area (Å²) in [7, 11) is 6.65. The van der Waals surface area contributed by atoms with Crippen LogP contribution in [0.5, 0.6) is 5.75 Å². The van der Waals surface area contributed by atoms with Crippen LogP contribution >= 0.6 is 0 Å². The second kappa shape index (κ2) is 9.74. The number of anilines is 1. The first-order valence-electron chi connectivity index (χ1n) is 13.2. The fraction of sp³-hybridized carbons (Fsp3) is 0.448. The molecule has 1 aromatic heterocycles. The van der Waals surface area contributed by atoms with Crippen LogP contribution in [0.2, 0.25) is 0 Å². The number of benzene rings is 1. The number of aliphatic hydroxyl groups is 1. The maximum absolute atomic E-state index is 14.1. The number of nitrogens with zero attached hydrogens (tertiary/aromatic N) is 3. The number of primary amides is 1. The van der Waals surface area contributed by atoms with E-state index in [0.717, 1.165) is 0 Å². The molecule has 1 heterocycles. The SMILES string of the molecule is CN(C)c1cc(Cn2ccc(C=O)c2)c(O)c2c1C[C@@H]1C[C@@H]3[C@@H](N(C)C)C(=O)C(C(N)=O)C(=O)[C@]3(O)C(=O)C1C2=O. The van der Waals surface area contributed by atoms with E-state index in [2.05, 4.69) is 0 Å². The summed E-state index contributed by atoms with van der Waals surface area (Å²) in [5.74, 6) is -10.8. The van der Waals surface area contributed by atoms with Gasteiger partial charge in [-0.2, -0.15) is 0 Å². The van der Waals surface area contributed by atoms with Crippen LogP contribution in [0.1, 0.15) is 38.3 Å². The van der Waals surface area contributed by atoms with Gasteiger partial charge in [0.25, 0.3) is 0 Å². The molecule has 2 fully saturated rings. The number of amides is 1. The molecule has 2 saturated carbocycles. The summed E-state index contributed by atoms with van der Waals surface area (Å²) in [6.45, 7) is 0.126. The number of hydrogen-bond acceptors (Lipinski definition) is 10. The largest absolute Gasteiger partial charge is 0.507 e. The number of aldehydes is 1. The maximum atomic E-state index is 14.1. The second-order valence-corrected chi connectivity index (χ2v) is 11.7. The van der Waals surface area contributed by atoms with Crippen molar-refractivity contribution in [2.24, 2.45) is 29.4 Å². The standard InChI is InChI=1S/C29H32N4O8/c1-31(2)18-9-15(11-33-6-5-13(10-33)12-34)23(35)20-16(18)7-14-8-17-22(32(3)4)25(37)21(28(30)40)27(39)29(17,41)26(38)19(14)24(20)36/h5-6,9-10,12,14,17,19,21-22,35,41H,7-8,11H2,1-4H3,(H2,30,40)/t14-,17-,19?,21?,22-,29-/m1/s1. The van der Waals surface area contributed by atoms with E-state index in [9.17, 15) is 39.0 Å². The van der Waals surface area contributed by atoms with Crippen molar-refractivity contribution < 1.29 is 39.0 Å². The zero-order chi connectivity index (χ0) is 30.1.